The molecule has 5 heteroatoms. The third kappa shape index (κ3) is 5.22. The third-order valence-electron chi connectivity index (χ3n) is 5.10. The van der Waals surface area contributed by atoms with Crippen LogP contribution < -0.4 is 19.5 Å². The zero-order chi connectivity index (χ0) is 21.2. The van der Waals surface area contributed by atoms with Gasteiger partial charge < -0.3 is 19.5 Å². The standard InChI is InChI=1S/C24H31NO4/c1-23(2,3)16-7-9-17(10-8-16)28-15-22(26)25-20-14-24(4,5)29-21-12-11-18(27-6)13-19(20)21/h7-13,20H,14-15H2,1-6H3,(H,25,26)/t20-/m0/s1. The lowest BCUT2D eigenvalue weighted by Gasteiger charge is -2.38. The van der Waals surface area contributed by atoms with Crippen molar-refractivity contribution in [2.75, 3.05) is 13.7 Å². The molecule has 1 heterocycles. The van der Waals surface area contributed by atoms with Crippen molar-refractivity contribution >= 4 is 5.91 Å². The summed E-state index contributed by atoms with van der Waals surface area (Å²) in [5.41, 5.74) is 1.86. The predicted octanol–water partition coefficient (Wildman–Crippen LogP) is 4.79. The first-order valence-corrected chi connectivity index (χ1v) is 9.97. The van der Waals surface area contributed by atoms with Crippen molar-refractivity contribution in [3.8, 4) is 17.2 Å². The van der Waals surface area contributed by atoms with E-state index in [-0.39, 0.29) is 29.6 Å². The van der Waals surface area contributed by atoms with Crippen LogP contribution in [0.25, 0.3) is 0 Å². The molecule has 0 bridgehead atoms. The quantitative estimate of drug-likeness (QED) is 0.788. The molecule has 1 aliphatic rings. The van der Waals surface area contributed by atoms with Gasteiger partial charge in [-0.05, 0) is 55.2 Å². The Labute approximate surface area is 173 Å². The number of fused-ring (bicyclic) bond motifs is 1. The maximum absolute atomic E-state index is 12.6. The molecule has 2 aromatic rings. The summed E-state index contributed by atoms with van der Waals surface area (Å²) in [4.78, 5) is 12.6. The number of rotatable bonds is 5. The highest BCUT2D eigenvalue weighted by atomic mass is 16.5. The van der Waals surface area contributed by atoms with Crippen molar-refractivity contribution in [2.24, 2.45) is 0 Å². The van der Waals surface area contributed by atoms with Crippen LogP contribution >= 0.6 is 0 Å². The van der Waals surface area contributed by atoms with E-state index in [1.807, 2.05) is 56.3 Å². The van der Waals surface area contributed by atoms with Crippen LogP contribution in [0, 0.1) is 0 Å². The number of amides is 1. The van der Waals surface area contributed by atoms with Crippen LogP contribution in [0.5, 0.6) is 17.2 Å². The number of benzene rings is 2. The van der Waals surface area contributed by atoms with Gasteiger partial charge in [-0.15, -0.1) is 0 Å². The molecule has 156 valence electrons. The van der Waals surface area contributed by atoms with Crippen LogP contribution in [0.3, 0.4) is 0 Å². The summed E-state index contributed by atoms with van der Waals surface area (Å²) in [6.45, 7) is 10.5. The summed E-state index contributed by atoms with van der Waals surface area (Å²) in [6, 6.07) is 13.4. The van der Waals surface area contributed by atoms with Crippen molar-refractivity contribution in [3.63, 3.8) is 0 Å². The minimum Gasteiger partial charge on any atom is -0.497 e. The lowest BCUT2D eigenvalue weighted by molar-refractivity contribution is -0.124. The second kappa shape index (κ2) is 7.97. The number of methoxy groups -OCH3 is 1. The number of hydrogen-bond acceptors (Lipinski definition) is 4. The van der Waals surface area contributed by atoms with Crippen LogP contribution in [0.2, 0.25) is 0 Å². The number of carbonyl (C=O) groups excluding carboxylic acids is 1. The molecule has 0 unspecified atom stereocenters. The average Bonchev–Trinajstić information content (AvgIpc) is 2.65. The summed E-state index contributed by atoms with van der Waals surface area (Å²) in [6.07, 6.45) is 0.666. The zero-order valence-electron chi connectivity index (χ0n) is 18.2. The van der Waals surface area contributed by atoms with Crippen LogP contribution in [-0.2, 0) is 10.2 Å². The Morgan fingerprint density at radius 3 is 2.41 bits per heavy atom. The van der Waals surface area contributed by atoms with Crippen molar-refractivity contribution in [1.82, 2.24) is 5.32 Å². The molecule has 29 heavy (non-hydrogen) atoms. The fourth-order valence-electron chi connectivity index (χ4n) is 3.52. The smallest absolute Gasteiger partial charge is 0.258 e. The minimum atomic E-state index is -0.372. The van der Waals surface area contributed by atoms with Gasteiger partial charge in [-0.2, -0.15) is 0 Å². The summed E-state index contributed by atoms with van der Waals surface area (Å²) in [5, 5.41) is 3.09. The maximum Gasteiger partial charge on any atom is 0.258 e. The van der Waals surface area contributed by atoms with Gasteiger partial charge in [0.05, 0.1) is 13.2 Å². The molecule has 1 N–H and O–H groups in total. The first kappa shape index (κ1) is 21.0. The molecule has 0 aromatic heterocycles. The highest BCUT2D eigenvalue weighted by molar-refractivity contribution is 5.78. The number of nitrogens with one attached hydrogen (secondary N) is 1. The Bertz CT molecular complexity index is 865. The zero-order valence-corrected chi connectivity index (χ0v) is 18.2. The van der Waals surface area contributed by atoms with Gasteiger partial charge in [0.1, 0.15) is 22.8 Å². The summed E-state index contributed by atoms with van der Waals surface area (Å²) >= 11 is 0. The second-order valence-corrected chi connectivity index (χ2v) is 9.15. The molecule has 1 amide bonds. The normalized spacial score (nSPS) is 17.7. The number of ether oxygens (including phenoxy) is 3. The Morgan fingerprint density at radius 1 is 1.14 bits per heavy atom. The fourth-order valence-corrected chi connectivity index (χ4v) is 3.52. The molecule has 5 nitrogen and oxygen atoms in total. The van der Waals surface area contributed by atoms with E-state index >= 15 is 0 Å². The van der Waals surface area contributed by atoms with Gasteiger partial charge in [0, 0.05) is 12.0 Å². The van der Waals surface area contributed by atoms with Crippen LogP contribution in [0.1, 0.15) is 58.2 Å². The van der Waals surface area contributed by atoms with Crippen molar-refractivity contribution in [1.29, 1.82) is 0 Å². The van der Waals surface area contributed by atoms with Gasteiger partial charge in [0.2, 0.25) is 0 Å². The Morgan fingerprint density at radius 2 is 1.79 bits per heavy atom. The third-order valence-corrected chi connectivity index (χ3v) is 5.10. The summed E-state index contributed by atoms with van der Waals surface area (Å²) in [7, 11) is 1.63. The van der Waals surface area contributed by atoms with Crippen LogP contribution in [0.15, 0.2) is 42.5 Å². The monoisotopic (exact) mass is 397 g/mol. The van der Waals surface area contributed by atoms with E-state index in [4.69, 9.17) is 14.2 Å². The fraction of sp³-hybridized carbons (Fsp3) is 0.458. The molecule has 0 saturated carbocycles. The van der Waals surface area contributed by atoms with E-state index in [1.54, 1.807) is 7.11 Å². The van der Waals surface area contributed by atoms with Gasteiger partial charge in [-0.1, -0.05) is 32.9 Å². The molecule has 0 radical (unpaired) electrons. The Balaban J connectivity index is 1.66. The topological polar surface area (TPSA) is 56.8 Å². The molecule has 0 saturated heterocycles. The SMILES string of the molecule is COc1ccc2c(c1)[C@@H](NC(=O)COc1ccc(C(C)(C)C)cc1)CC(C)(C)O2. The van der Waals surface area contributed by atoms with Gasteiger partial charge in [-0.25, -0.2) is 0 Å². The van der Waals surface area contributed by atoms with E-state index in [2.05, 4.69) is 26.1 Å². The van der Waals surface area contributed by atoms with Crippen molar-refractivity contribution in [2.45, 2.75) is 58.1 Å². The lowest BCUT2D eigenvalue weighted by Crippen LogP contribution is -2.42. The van der Waals surface area contributed by atoms with E-state index in [1.165, 1.54) is 5.56 Å². The van der Waals surface area contributed by atoms with Gasteiger partial charge in [0.25, 0.3) is 5.91 Å². The van der Waals surface area contributed by atoms with Gasteiger partial charge in [-0.3, -0.25) is 4.79 Å². The van der Waals surface area contributed by atoms with E-state index in [9.17, 15) is 4.79 Å². The highest BCUT2D eigenvalue weighted by Crippen LogP contribution is 2.41. The Hall–Kier alpha value is -2.69. The van der Waals surface area contributed by atoms with Gasteiger partial charge >= 0.3 is 0 Å². The second-order valence-electron chi connectivity index (χ2n) is 9.15. The first-order chi connectivity index (χ1) is 13.6. The molecule has 2 aromatic carbocycles. The molecule has 1 atom stereocenters. The van der Waals surface area contributed by atoms with Crippen LogP contribution in [0.4, 0.5) is 0 Å². The first-order valence-electron chi connectivity index (χ1n) is 9.97. The summed E-state index contributed by atoms with van der Waals surface area (Å²) in [5.74, 6) is 2.02. The molecule has 1 aliphatic heterocycles. The molecular formula is C24H31NO4. The van der Waals surface area contributed by atoms with E-state index in [0.29, 0.717) is 12.2 Å². The predicted molar refractivity (Wildman–Crippen MR) is 114 cm³/mol. The maximum atomic E-state index is 12.6. The van der Waals surface area contributed by atoms with Crippen molar-refractivity contribution in [3.05, 3.63) is 53.6 Å². The van der Waals surface area contributed by atoms with E-state index in [0.717, 1.165) is 17.1 Å². The van der Waals surface area contributed by atoms with Crippen molar-refractivity contribution < 1.29 is 19.0 Å². The highest BCUT2D eigenvalue weighted by Gasteiger charge is 2.34. The Kier molecular flexibility index (Phi) is 5.78. The average molecular weight is 398 g/mol. The molecule has 3 rings (SSSR count). The summed E-state index contributed by atoms with van der Waals surface area (Å²) < 4.78 is 17.1. The minimum absolute atomic E-state index is 0.0358. The molecular weight excluding hydrogens is 366 g/mol. The number of hydrogen-bond donors (Lipinski definition) is 1. The van der Waals surface area contributed by atoms with Crippen LogP contribution in [-0.4, -0.2) is 25.2 Å². The number of carbonyl (C=O) groups is 1. The molecule has 0 fully saturated rings. The molecule has 0 spiro atoms. The lowest BCUT2D eigenvalue weighted by atomic mass is 9.87. The largest absolute Gasteiger partial charge is 0.497 e. The van der Waals surface area contributed by atoms with Gasteiger partial charge in [0.15, 0.2) is 6.61 Å². The molecule has 0 aliphatic carbocycles. The van der Waals surface area contributed by atoms with E-state index < -0.39 is 0 Å².